The molecular formula is C12H19N5O3. The van der Waals surface area contributed by atoms with E-state index < -0.39 is 5.91 Å². The number of carbonyl (C=O) groups excluding carboxylic acids is 2. The van der Waals surface area contributed by atoms with Gasteiger partial charge in [0.15, 0.2) is 0 Å². The van der Waals surface area contributed by atoms with Gasteiger partial charge >= 0.3 is 0 Å². The molecular weight excluding hydrogens is 262 g/mol. The highest BCUT2D eigenvalue weighted by atomic mass is 16.5. The first-order valence-corrected chi connectivity index (χ1v) is 6.71. The molecule has 1 fully saturated rings. The van der Waals surface area contributed by atoms with Crippen LogP contribution in [0, 0.1) is 0 Å². The Morgan fingerprint density at radius 1 is 1.55 bits per heavy atom. The van der Waals surface area contributed by atoms with Crippen LogP contribution >= 0.6 is 0 Å². The molecule has 1 aliphatic heterocycles. The summed E-state index contributed by atoms with van der Waals surface area (Å²) < 4.78 is 5.10. The highest BCUT2D eigenvalue weighted by Crippen LogP contribution is 2.21. The SMILES string of the molecule is CCNC(=O)CN(C)C(=O)c1noc(C2CCCN2)n1. The van der Waals surface area contributed by atoms with Crippen molar-refractivity contribution in [2.75, 3.05) is 26.7 Å². The number of likely N-dealkylation sites (N-methyl/N-ethyl adjacent to an activating group) is 2. The lowest BCUT2D eigenvalue weighted by molar-refractivity contribution is -0.121. The number of hydrogen-bond donors (Lipinski definition) is 2. The monoisotopic (exact) mass is 281 g/mol. The molecule has 1 atom stereocenters. The topological polar surface area (TPSA) is 100 Å². The summed E-state index contributed by atoms with van der Waals surface area (Å²) in [5.41, 5.74) is 0. The molecule has 1 aliphatic rings. The molecule has 0 bridgehead atoms. The molecule has 110 valence electrons. The Hall–Kier alpha value is -1.96. The molecule has 1 saturated heterocycles. The number of hydrogen-bond acceptors (Lipinski definition) is 6. The number of aromatic nitrogens is 2. The van der Waals surface area contributed by atoms with Crippen molar-refractivity contribution in [2.45, 2.75) is 25.8 Å². The lowest BCUT2D eigenvalue weighted by Crippen LogP contribution is -2.38. The second-order valence-electron chi connectivity index (χ2n) is 4.72. The maximum absolute atomic E-state index is 12.1. The zero-order valence-electron chi connectivity index (χ0n) is 11.7. The Labute approximate surface area is 116 Å². The smallest absolute Gasteiger partial charge is 0.295 e. The first-order chi connectivity index (χ1) is 9.61. The number of nitrogens with zero attached hydrogens (tertiary/aromatic N) is 3. The zero-order valence-corrected chi connectivity index (χ0v) is 11.7. The summed E-state index contributed by atoms with van der Waals surface area (Å²) in [5.74, 6) is -0.230. The van der Waals surface area contributed by atoms with Crippen LogP contribution in [-0.2, 0) is 4.79 Å². The van der Waals surface area contributed by atoms with E-state index in [1.807, 2.05) is 6.92 Å². The van der Waals surface area contributed by atoms with E-state index in [1.54, 1.807) is 0 Å². The van der Waals surface area contributed by atoms with Crippen LogP contribution in [0.25, 0.3) is 0 Å². The lowest BCUT2D eigenvalue weighted by atomic mass is 10.2. The molecule has 8 heteroatoms. The van der Waals surface area contributed by atoms with Gasteiger partial charge in [0.2, 0.25) is 11.8 Å². The van der Waals surface area contributed by atoms with Crippen molar-refractivity contribution in [1.82, 2.24) is 25.7 Å². The van der Waals surface area contributed by atoms with Crippen molar-refractivity contribution in [1.29, 1.82) is 0 Å². The molecule has 0 saturated carbocycles. The predicted octanol–water partition coefficient (Wildman–Crippen LogP) is -0.298. The second kappa shape index (κ2) is 6.47. The lowest BCUT2D eigenvalue weighted by Gasteiger charge is -2.13. The highest BCUT2D eigenvalue weighted by molar-refractivity contribution is 5.93. The largest absolute Gasteiger partial charge is 0.355 e. The molecule has 20 heavy (non-hydrogen) atoms. The minimum Gasteiger partial charge on any atom is -0.355 e. The van der Waals surface area contributed by atoms with E-state index in [2.05, 4.69) is 20.8 Å². The number of amides is 2. The van der Waals surface area contributed by atoms with Crippen LogP contribution in [0.3, 0.4) is 0 Å². The van der Waals surface area contributed by atoms with Gasteiger partial charge in [0.25, 0.3) is 11.7 Å². The Balaban J connectivity index is 1.96. The van der Waals surface area contributed by atoms with E-state index in [4.69, 9.17) is 4.52 Å². The van der Waals surface area contributed by atoms with Crippen molar-refractivity contribution >= 4 is 11.8 Å². The van der Waals surface area contributed by atoms with E-state index in [-0.39, 0.29) is 24.3 Å². The van der Waals surface area contributed by atoms with Crippen LogP contribution in [0.2, 0.25) is 0 Å². The molecule has 0 aliphatic carbocycles. The average molecular weight is 281 g/mol. The average Bonchev–Trinajstić information content (AvgIpc) is 3.08. The van der Waals surface area contributed by atoms with Gasteiger partial charge in [0.05, 0.1) is 12.6 Å². The third kappa shape index (κ3) is 3.32. The van der Waals surface area contributed by atoms with Crippen molar-refractivity contribution < 1.29 is 14.1 Å². The summed E-state index contributed by atoms with van der Waals surface area (Å²) in [6.45, 7) is 3.23. The Morgan fingerprint density at radius 3 is 3.00 bits per heavy atom. The van der Waals surface area contributed by atoms with Gasteiger partial charge in [-0.25, -0.2) is 0 Å². The standard InChI is InChI=1S/C12H19N5O3/c1-3-13-9(18)7-17(2)12(19)10-15-11(20-16-10)8-5-4-6-14-8/h8,14H,3-7H2,1-2H3,(H,13,18). The van der Waals surface area contributed by atoms with Crippen LogP contribution < -0.4 is 10.6 Å². The molecule has 0 radical (unpaired) electrons. The molecule has 8 nitrogen and oxygen atoms in total. The van der Waals surface area contributed by atoms with Crippen LogP contribution in [0.1, 0.15) is 42.3 Å². The van der Waals surface area contributed by atoms with Gasteiger partial charge < -0.3 is 20.1 Å². The zero-order chi connectivity index (χ0) is 14.5. The van der Waals surface area contributed by atoms with Gasteiger partial charge in [-0.3, -0.25) is 9.59 Å². The Bertz CT molecular complexity index is 481. The summed E-state index contributed by atoms with van der Waals surface area (Å²) in [6.07, 6.45) is 1.97. The maximum Gasteiger partial charge on any atom is 0.295 e. The molecule has 0 aromatic carbocycles. The van der Waals surface area contributed by atoms with Gasteiger partial charge in [-0.15, -0.1) is 0 Å². The molecule has 2 heterocycles. The van der Waals surface area contributed by atoms with Gasteiger partial charge in [0.1, 0.15) is 0 Å². The summed E-state index contributed by atoms with van der Waals surface area (Å²) >= 11 is 0. The summed E-state index contributed by atoms with van der Waals surface area (Å²) in [7, 11) is 1.53. The normalized spacial score (nSPS) is 18.0. The van der Waals surface area contributed by atoms with E-state index in [1.165, 1.54) is 11.9 Å². The van der Waals surface area contributed by atoms with Crippen LogP contribution in [0.5, 0.6) is 0 Å². The van der Waals surface area contributed by atoms with Crippen LogP contribution in [0.4, 0.5) is 0 Å². The number of carbonyl (C=O) groups is 2. The fourth-order valence-corrected chi connectivity index (χ4v) is 2.07. The summed E-state index contributed by atoms with van der Waals surface area (Å²) in [4.78, 5) is 28.8. The second-order valence-corrected chi connectivity index (χ2v) is 4.72. The third-order valence-electron chi connectivity index (χ3n) is 3.09. The van der Waals surface area contributed by atoms with Crippen molar-refractivity contribution in [2.24, 2.45) is 0 Å². The molecule has 1 aromatic rings. The quantitative estimate of drug-likeness (QED) is 0.768. The van der Waals surface area contributed by atoms with Crippen molar-refractivity contribution in [3.05, 3.63) is 11.7 Å². The number of nitrogens with one attached hydrogen (secondary N) is 2. The number of rotatable bonds is 5. The first-order valence-electron chi connectivity index (χ1n) is 6.71. The van der Waals surface area contributed by atoms with Gasteiger partial charge in [-0.05, 0) is 26.3 Å². The van der Waals surface area contributed by atoms with Gasteiger partial charge in [-0.2, -0.15) is 4.98 Å². The van der Waals surface area contributed by atoms with E-state index >= 15 is 0 Å². The van der Waals surface area contributed by atoms with Crippen molar-refractivity contribution in [3.63, 3.8) is 0 Å². The molecule has 2 N–H and O–H groups in total. The molecule has 1 unspecified atom stereocenters. The fourth-order valence-electron chi connectivity index (χ4n) is 2.07. The van der Waals surface area contributed by atoms with Crippen LogP contribution in [0.15, 0.2) is 4.52 Å². The van der Waals surface area contributed by atoms with E-state index in [9.17, 15) is 9.59 Å². The minimum atomic E-state index is -0.427. The van der Waals surface area contributed by atoms with Crippen molar-refractivity contribution in [3.8, 4) is 0 Å². The van der Waals surface area contributed by atoms with Crippen LogP contribution in [-0.4, -0.2) is 53.5 Å². The molecule has 0 spiro atoms. The van der Waals surface area contributed by atoms with Gasteiger partial charge in [-0.1, -0.05) is 5.16 Å². The summed E-state index contributed by atoms with van der Waals surface area (Å²) in [6, 6.07) is 0.0257. The predicted molar refractivity (Wildman–Crippen MR) is 69.9 cm³/mol. The fraction of sp³-hybridized carbons (Fsp3) is 0.667. The molecule has 2 amide bonds. The highest BCUT2D eigenvalue weighted by Gasteiger charge is 2.26. The van der Waals surface area contributed by atoms with E-state index in [0.29, 0.717) is 12.4 Å². The minimum absolute atomic E-state index is 0.0134. The molecule has 2 rings (SSSR count). The Morgan fingerprint density at radius 2 is 2.35 bits per heavy atom. The summed E-state index contributed by atoms with van der Waals surface area (Å²) in [5, 5.41) is 9.53. The van der Waals surface area contributed by atoms with Gasteiger partial charge in [0, 0.05) is 13.6 Å². The first kappa shape index (κ1) is 14.4. The third-order valence-corrected chi connectivity index (χ3v) is 3.09. The maximum atomic E-state index is 12.1. The Kier molecular flexibility index (Phi) is 4.67. The molecule has 1 aromatic heterocycles. The van der Waals surface area contributed by atoms with E-state index in [0.717, 1.165) is 19.4 Å².